The van der Waals surface area contributed by atoms with Crippen LogP contribution >= 0.6 is 0 Å². The van der Waals surface area contributed by atoms with Gasteiger partial charge in [0.1, 0.15) is 11.5 Å². The second-order valence-electron chi connectivity index (χ2n) is 4.95. The van der Waals surface area contributed by atoms with Crippen molar-refractivity contribution in [2.75, 3.05) is 18.9 Å². The Kier molecular flexibility index (Phi) is 4.37. The first kappa shape index (κ1) is 15.2. The van der Waals surface area contributed by atoms with Gasteiger partial charge in [-0.05, 0) is 25.3 Å². The lowest BCUT2D eigenvalue weighted by Gasteiger charge is -2.37. The first-order valence-electron chi connectivity index (χ1n) is 6.61. The van der Waals surface area contributed by atoms with E-state index in [2.05, 4.69) is 0 Å². The minimum atomic E-state index is -0.892. The van der Waals surface area contributed by atoms with Gasteiger partial charge >= 0.3 is 0 Å². The summed E-state index contributed by atoms with van der Waals surface area (Å²) in [5.41, 5.74) is 4.41. The molecule has 1 aliphatic carbocycles. The standard InChI is InChI=1S/C13H16FN3O4/c14-8-6-10(12(15)11(7-8)17(20)21)13(19)16(4-5-18)9-2-1-3-9/h6-7,9,18H,1-5,15H2. The molecule has 0 aliphatic heterocycles. The number of rotatable bonds is 5. The molecule has 8 heteroatoms. The van der Waals surface area contributed by atoms with Gasteiger partial charge in [-0.1, -0.05) is 0 Å². The number of nitrogens with two attached hydrogens (primary N) is 1. The maximum Gasteiger partial charge on any atom is 0.295 e. The highest BCUT2D eigenvalue weighted by molar-refractivity contribution is 6.01. The number of anilines is 1. The fourth-order valence-corrected chi connectivity index (χ4v) is 2.34. The monoisotopic (exact) mass is 297 g/mol. The van der Waals surface area contributed by atoms with Crippen molar-refractivity contribution in [2.24, 2.45) is 0 Å². The SMILES string of the molecule is Nc1c(C(=O)N(CCO)C2CCC2)cc(F)cc1[N+](=O)[O-]. The van der Waals surface area contributed by atoms with Crippen LogP contribution < -0.4 is 5.73 Å². The average Bonchev–Trinajstić information content (AvgIpc) is 2.37. The highest BCUT2D eigenvalue weighted by atomic mass is 19.1. The van der Waals surface area contributed by atoms with E-state index in [0.29, 0.717) is 6.07 Å². The first-order valence-corrected chi connectivity index (χ1v) is 6.61. The van der Waals surface area contributed by atoms with E-state index < -0.39 is 22.3 Å². The van der Waals surface area contributed by atoms with Gasteiger partial charge in [-0.2, -0.15) is 0 Å². The van der Waals surface area contributed by atoms with Crippen LogP contribution in [0.5, 0.6) is 0 Å². The quantitative estimate of drug-likeness (QED) is 0.483. The molecule has 2 rings (SSSR count). The van der Waals surface area contributed by atoms with Crippen LogP contribution in [0.2, 0.25) is 0 Å². The van der Waals surface area contributed by atoms with E-state index in [0.717, 1.165) is 25.3 Å². The first-order chi connectivity index (χ1) is 9.95. The number of carbonyl (C=O) groups excluding carboxylic acids is 1. The van der Waals surface area contributed by atoms with Crippen LogP contribution in [0.15, 0.2) is 12.1 Å². The Balaban J connectivity index is 2.39. The van der Waals surface area contributed by atoms with E-state index in [4.69, 9.17) is 10.8 Å². The van der Waals surface area contributed by atoms with Gasteiger partial charge in [0.15, 0.2) is 0 Å². The third-order valence-corrected chi connectivity index (χ3v) is 3.67. The summed E-state index contributed by atoms with van der Waals surface area (Å²) in [4.78, 5) is 23.9. The van der Waals surface area contributed by atoms with Gasteiger partial charge in [0.25, 0.3) is 11.6 Å². The summed E-state index contributed by atoms with van der Waals surface area (Å²) in [7, 11) is 0. The molecule has 1 aromatic rings. The van der Waals surface area contributed by atoms with Crippen LogP contribution in [-0.4, -0.2) is 40.0 Å². The molecule has 0 saturated heterocycles. The number of amides is 1. The fraction of sp³-hybridized carbons (Fsp3) is 0.462. The van der Waals surface area contributed by atoms with Crippen LogP contribution in [0.1, 0.15) is 29.6 Å². The summed E-state index contributed by atoms with van der Waals surface area (Å²) in [6.07, 6.45) is 2.56. The van der Waals surface area contributed by atoms with Crippen molar-refractivity contribution in [2.45, 2.75) is 25.3 Å². The van der Waals surface area contributed by atoms with Crippen molar-refractivity contribution in [3.63, 3.8) is 0 Å². The van der Waals surface area contributed by atoms with Gasteiger partial charge in [-0.15, -0.1) is 0 Å². The zero-order valence-corrected chi connectivity index (χ0v) is 11.3. The van der Waals surface area contributed by atoms with Gasteiger partial charge < -0.3 is 15.7 Å². The molecular formula is C13H16FN3O4. The maximum atomic E-state index is 13.5. The number of halogens is 1. The summed E-state index contributed by atoms with van der Waals surface area (Å²) in [6.45, 7) is -0.146. The van der Waals surface area contributed by atoms with E-state index in [1.807, 2.05) is 0 Å². The van der Waals surface area contributed by atoms with Gasteiger partial charge in [-0.3, -0.25) is 14.9 Å². The number of benzene rings is 1. The zero-order valence-electron chi connectivity index (χ0n) is 11.3. The number of hydrogen-bond acceptors (Lipinski definition) is 5. The van der Waals surface area contributed by atoms with Crippen molar-refractivity contribution in [3.8, 4) is 0 Å². The fourth-order valence-electron chi connectivity index (χ4n) is 2.34. The molecule has 1 aromatic carbocycles. The number of nitro groups is 1. The minimum Gasteiger partial charge on any atom is -0.395 e. The lowest BCUT2D eigenvalue weighted by Crippen LogP contribution is -2.45. The summed E-state index contributed by atoms with van der Waals surface area (Å²) in [5.74, 6) is -1.48. The van der Waals surface area contributed by atoms with E-state index in [-0.39, 0.29) is 30.4 Å². The molecule has 0 spiro atoms. The molecule has 0 radical (unpaired) electrons. The molecule has 0 atom stereocenters. The van der Waals surface area contributed by atoms with Crippen LogP contribution in [0, 0.1) is 15.9 Å². The van der Waals surface area contributed by atoms with Crippen LogP contribution in [-0.2, 0) is 0 Å². The summed E-state index contributed by atoms with van der Waals surface area (Å²) < 4.78 is 13.5. The Morgan fingerprint density at radius 3 is 2.67 bits per heavy atom. The lowest BCUT2D eigenvalue weighted by molar-refractivity contribution is -0.384. The molecule has 1 aliphatic rings. The molecule has 0 aromatic heterocycles. The van der Waals surface area contributed by atoms with Crippen molar-refractivity contribution >= 4 is 17.3 Å². The van der Waals surface area contributed by atoms with Gasteiger partial charge in [0, 0.05) is 12.6 Å². The number of hydrogen-bond donors (Lipinski definition) is 2. The third-order valence-electron chi connectivity index (χ3n) is 3.67. The Labute approximate surface area is 120 Å². The summed E-state index contributed by atoms with van der Waals surface area (Å²) >= 11 is 0. The van der Waals surface area contributed by atoms with E-state index in [1.54, 1.807) is 0 Å². The number of nitro benzene ring substituents is 1. The molecule has 7 nitrogen and oxygen atoms in total. The van der Waals surface area contributed by atoms with Gasteiger partial charge in [-0.25, -0.2) is 4.39 Å². The Bertz CT molecular complexity index is 575. The van der Waals surface area contributed by atoms with E-state index in [1.165, 1.54) is 4.90 Å². The molecule has 1 amide bonds. The normalized spacial score (nSPS) is 14.6. The minimum absolute atomic E-state index is 0.0358. The number of nitrogen functional groups attached to an aromatic ring is 1. The largest absolute Gasteiger partial charge is 0.395 e. The summed E-state index contributed by atoms with van der Waals surface area (Å²) in [6, 6.07) is 1.55. The number of aliphatic hydroxyl groups excluding tert-OH is 1. The predicted octanol–water partition coefficient (Wildman–Crippen LogP) is 1.30. The Morgan fingerprint density at radius 1 is 1.52 bits per heavy atom. The molecular weight excluding hydrogens is 281 g/mol. The maximum absolute atomic E-state index is 13.5. The molecule has 0 heterocycles. The highest BCUT2D eigenvalue weighted by Gasteiger charge is 2.31. The van der Waals surface area contributed by atoms with E-state index >= 15 is 0 Å². The van der Waals surface area contributed by atoms with Crippen molar-refractivity contribution in [1.29, 1.82) is 0 Å². The highest BCUT2D eigenvalue weighted by Crippen LogP contribution is 2.31. The number of aliphatic hydroxyl groups is 1. The Morgan fingerprint density at radius 2 is 2.19 bits per heavy atom. The van der Waals surface area contributed by atoms with Crippen molar-refractivity contribution in [3.05, 3.63) is 33.6 Å². The second-order valence-corrected chi connectivity index (χ2v) is 4.95. The Hall–Kier alpha value is -2.22. The molecule has 21 heavy (non-hydrogen) atoms. The predicted molar refractivity (Wildman–Crippen MR) is 73.2 cm³/mol. The lowest BCUT2D eigenvalue weighted by atomic mass is 9.91. The molecule has 1 fully saturated rings. The van der Waals surface area contributed by atoms with E-state index in [9.17, 15) is 19.3 Å². The van der Waals surface area contributed by atoms with Gasteiger partial charge in [0.05, 0.1) is 23.2 Å². The average molecular weight is 297 g/mol. The number of nitrogens with zero attached hydrogens (tertiary/aromatic N) is 2. The van der Waals surface area contributed by atoms with Crippen LogP contribution in [0.4, 0.5) is 15.8 Å². The molecule has 3 N–H and O–H groups in total. The third kappa shape index (κ3) is 2.94. The second kappa shape index (κ2) is 6.04. The zero-order chi connectivity index (χ0) is 15.6. The molecule has 114 valence electrons. The van der Waals surface area contributed by atoms with Crippen LogP contribution in [0.3, 0.4) is 0 Å². The molecule has 0 bridgehead atoms. The number of carbonyl (C=O) groups is 1. The smallest absolute Gasteiger partial charge is 0.295 e. The van der Waals surface area contributed by atoms with Crippen molar-refractivity contribution in [1.82, 2.24) is 4.90 Å². The van der Waals surface area contributed by atoms with Crippen LogP contribution in [0.25, 0.3) is 0 Å². The summed E-state index contributed by atoms with van der Waals surface area (Å²) in [5, 5.41) is 19.9. The van der Waals surface area contributed by atoms with Crippen molar-refractivity contribution < 1.29 is 19.2 Å². The van der Waals surface area contributed by atoms with Gasteiger partial charge in [0.2, 0.25) is 0 Å². The topological polar surface area (TPSA) is 110 Å². The molecule has 1 saturated carbocycles. The molecule has 0 unspecified atom stereocenters.